The molecule has 3 aliphatic rings. The van der Waals surface area contributed by atoms with Gasteiger partial charge >= 0.3 is 0 Å². The van der Waals surface area contributed by atoms with Crippen molar-refractivity contribution in [2.45, 2.75) is 51.1 Å². The first-order valence-corrected chi connectivity index (χ1v) is 18.8. The van der Waals surface area contributed by atoms with Crippen molar-refractivity contribution in [3.8, 4) is 28.7 Å². The van der Waals surface area contributed by atoms with Gasteiger partial charge in [0.15, 0.2) is 28.7 Å². The maximum atomic E-state index is 9.71. The molecule has 0 unspecified atom stereocenters. The van der Waals surface area contributed by atoms with E-state index in [1.54, 1.807) is 34.6 Å². The van der Waals surface area contributed by atoms with Crippen LogP contribution in [-0.4, -0.2) is 63.1 Å². The summed E-state index contributed by atoms with van der Waals surface area (Å²) in [7, 11) is 6.90. The van der Waals surface area contributed by atoms with Crippen LogP contribution < -0.4 is 24.3 Å². The molecule has 4 aromatic rings. The lowest BCUT2D eigenvalue weighted by Crippen LogP contribution is -2.46. The topological polar surface area (TPSA) is 85.3 Å². The summed E-state index contributed by atoms with van der Waals surface area (Å²) in [4.78, 5) is 6.86. The molecule has 4 heterocycles. The van der Waals surface area contributed by atoms with E-state index in [9.17, 15) is 5.11 Å². The lowest BCUT2D eigenvalue weighted by molar-refractivity contribution is 0.0434. The van der Waals surface area contributed by atoms with Gasteiger partial charge in [0.1, 0.15) is 5.52 Å². The number of phenols is 1. The fourth-order valence-electron chi connectivity index (χ4n) is 7.89. The second kappa shape index (κ2) is 15.6. The smallest absolute Gasteiger partial charge is 0.161 e. The number of nitrogens with one attached hydrogen (secondary N) is 1. The van der Waals surface area contributed by atoms with Crippen LogP contribution in [0.4, 0.5) is 0 Å². The lowest BCUT2D eigenvalue weighted by atomic mass is 9.72. The van der Waals surface area contributed by atoms with Crippen molar-refractivity contribution < 1.29 is 24.1 Å². The number of hydrogen-bond acceptors (Lipinski definition) is 8. The minimum absolute atomic E-state index is 0.275. The molecule has 256 valence electrons. The Labute approximate surface area is 311 Å². The average molecular weight is 878 g/mol. The van der Waals surface area contributed by atoms with E-state index < -0.39 is 0 Å². The van der Waals surface area contributed by atoms with E-state index in [-0.39, 0.29) is 5.75 Å². The van der Waals surface area contributed by atoms with Crippen molar-refractivity contribution in [2.24, 2.45) is 11.8 Å². The number of hydrogen-bond donors (Lipinski definition) is 2. The van der Waals surface area contributed by atoms with Gasteiger partial charge in [-0.1, -0.05) is 19.4 Å². The van der Waals surface area contributed by atoms with E-state index in [2.05, 4.69) is 91.6 Å². The largest absolute Gasteiger partial charge is 0.505 e. The summed E-state index contributed by atoms with van der Waals surface area (Å²) in [6.07, 6.45) is 7.34. The van der Waals surface area contributed by atoms with Crippen LogP contribution in [0.3, 0.4) is 0 Å². The van der Waals surface area contributed by atoms with Crippen LogP contribution in [-0.2, 0) is 12.8 Å². The zero-order chi connectivity index (χ0) is 33.9. The van der Waals surface area contributed by atoms with Gasteiger partial charge < -0.3 is 29.4 Å². The lowest BCUT2D eigenvalue weighted by Gasteiger charge is -2.48. The van der Waals surface area contributed by atoms with Gasteiger partial charge in [0.25, 0.3) is 0 Å². The van der Waals surface area contributed by atoms with E-state index in [1.165, 1.54) is 41.6 Å². The monoisotopic (exact) mass is 877 g/mol. The summed E-state index contributed by atoms with van der Waals surface area (Å²) in [5, 5.41) is 14.5. The first-order chi connectivity index (χ1) is 23.3. The highest BCUT2D eigenvalue weighted by Crippen LogP contribution is 2.48. The van der Waals surface area contributed by atoms with Crippen LogP contribution in [0.15, 0.2) is 48.7 Å². The molecule has 1 aromatic heterocycles. The zero-order valence-corrected chi connectivity index (χ0v) is 32.6. The van der Waals surface area contributed by atoms with Gasteiger partial charge in [0, 0.05) is 40.3 Å². The molecule has 0 spiro atoms. The molecule has 0 radical (unpaired) electrons. The molecule has 1 saturated heterocycles. The Bertz CT molecular complexity index is 1770. The van der Waals surface area contributed by atoms with Crippen LogP contribution in [0.5, 0.6) is 28.7 Å². The normalized spacial score (nSPS) is 21.6. The van der Waals surface area contributed by atoms with Crippen molar-refractivity contribution in [3.63, 3.8) is 0 Å². The number of nitrogens with zero attached hydrogens (tertiary/aromatic N) is 2. The van der Waals surface area contributed by atoms with Crippen molar-refractivity contribution >= 4 is 56.1 Å². The molecule has 7 rings (SSSR count). The molecule has 3 aliphatic heterocycles. The highest BCUT2D eigenvalue weighted by molar-refractivity contribution is 14.1. The van der Waals surface area contributed by atoms with Crippen molar-refractivity contribution in [3.05, 3.63) is 78.1 Å². The third-order valence-electron chi connectivity index (χ3n) is 10.4. The van der Waals surface area contributed by atoms with E-state index in [0.717, 1.165) is 67.9 Å². The Morgan fingerprint density at radius 1 is 0.854 bits per heavy atom. The number of benzene rings is 3. The first-order valence-electron chi connectivity index (χ1n) is 16.7. The number of aromatic hydroxyl groups is 1. The predicted octanol–water partition coefficient (Wildman–Crippen LogP) is 8.09. The SMILES string of the molecule is CC[C@H]1CN2CCc3cc(OC)c(OC)cc3[C@@H]2C[C@@H]1C[C@H]1NCCc2cc(OC)c(OC)cc21.Oc1c(I)cc(I)c2cccnc12. The number of phenolic OH excluding ortho intramolecular Hbond substituents is 1. The quantitative estimate of drug-likeness (QED) is 0.181. The third-order valence-corrected chi connectivity index (χ3v) is 12.1. The molecule has 0 aliphatic carbocycles. The number of aromatic nitrogens is 1. The first kappa shape index (κ1) is 35.3. The van der Waals surface area contributed by atoms with Crippen molar-refractivity contribution in [1.29, 1.82) is 0 Å². The number of methoxy groups -OCH3 is 4. The summed E-state index contributed by atoms with van der Waals surface area (Å²) < 4.78 is 24.5. The standard InChI is InChI=1S/C29H40N2O4.C9H5I2NO/c1-6-18-17-31-10-8-20-14-27(33-3)29(35-5)16-23(20)25(31)12-21(18)11-24-22-15-28(34-4)26(32-2)13-19(22)7-9-30-24;10-6-4-7(11)9(13)8-5(6)2-1-3-12-8/h13-16,18,21,24-25,30H,6-12,17H2,1-5H3;1-4,13H/t18-,21-,24+,25-;/m0./s1. The number of piperidine rings is 1. The minimum Gasteiger partial charge on any atom is -0.505 e. The number of rotatable bonds is 7. The minimum atomic E-state index is 0.275. The van der Waals surface area contributed by atoms with E-state index in [1.807, 2.05) is 18.2 Å². The fourth-order valence-corrected chi connectivity index (χ4v) is 9.80. The number of fused-ring (bicyclic) bond motifs is 5. The molecule has 0 saturated carbocycles. The molecule has 3 aromatic carbocycles. The fraction of sp³-hybridized carbons (Fsp3) is 0.447. The van der Waals surface area contributed by atoms with E-state index in [4.69, 9.17) is 18.9 Å². The Kier molecular flexibility index (Phi) is 11.4. The van der Waals surface area contributed by atoms with Gasteiger partial charge in [-0.3, -0.25) is 9.88 Å². The molecule has 10 heteroatoms. The second-order valence-electron chi connectivity index (χ2n) is 12.8. The van der Waals surface area contributed by atoms with Gasteiger partial charge in [-0.05, 0) is 148 Å². The van der Waals surface area contributed by atoms with Crippen LogP contribution in [0.1, 0.15) is 60.5 Å². The Morgan fingerprint density at radius 3 is 2.17 bits per heavy atom. The highest BCUT2D eigenvalue weighted by Gasteiger charge is 2.40. The second-order valence-corrected chi connectivity index (χ2v) is 15.1. The van der Waals surface area contributed by atoms with Gasteiger partial charge in [-0.15, -0.1) is 0 Å². The Balaban J connectivity index is 0.000000257. The number of pyridine rings is 1. The van der Waals surface area contributed by atoms with Gasteiger partial charge in [-0.25, -0.2) is 0 Å². The van der Waals surface area contributed by atoms with Crippen molar-refractivity contribution in [2.75, 3.05) is 48.1 Å². The highest BCUT2D eigenvalue weighted by atomic mass is 127. The van der Waals surface area contributed by atoms with Gasteiger partial charge in [0.2, 0.25) is 0 Å². The molecule has 0 amide bonds. The molecule has 1 fully saturated rings. The van der Waals surface area contributed by atoms with Crippen LogP contribution in [0, 0.1) is 19.0 Å². The maximum absolute atomic E-state index is 9.71. The van der Waals surface area contributed by atoms with E-state index in [0.29, 0.717) is 29.4 Å². The van der Waals surface area contributed by atoms with Gasteiger partial charge in [-0.2, -0.15) is 0 Å². The Hall–Kier alpha value is -2.55. The van der Waals surface area contributed by atoms with Crippen LogP contribution in [0.25, 0.3) is 10.9 Å². The zero-order valence-electron chi connectivity index (χ0n) is 28.3. The summed E-state index contributed by atoms with van der Waals surface area (Å²) in [5.41, 5.74) is 6.28. The predicted molar refractivity (Wildman–Crippen MR) is 207 cm³/mol. The van der Waals surface area contributed by atoms with Gasteiger partial charge in [0.05, 0.1) is 32.0 Å². The average Bonchev–Trinajstić information content (AvgIpc) is 3.12. The molecule has 8 nitrogen and oxygen atoms in total. The summed E-state index contributed by atoms with van der Waals surface area (Å²) in [6, 6.07) is 15.4. The van der Waals surface area contributed by atoms with Crippen LogP contribution in [0.2, 0.25) is 0 Å². The molecule has 0 bridgehead atoms. The third kappa shape index (κ3) is 7.04. The summed E-state index contributed by atoms with van der Waals surface area (Å²) in [5.74, 6) is 4.96. The molecular formula is C38H45I2N3O5. The molecule has 4 atom stereocenters. The maximum Gasteiger partial charge on any atom is 0.161 e. The van der Waals surface area contributed by atoms with Crippen molar-refractivity contribution in [1.82, 2.24) is 15.2 Å². The molecule has 48 heavy (non-hydrogen) atoms. The molecular weight excluding hydrogens is 832 g/mol. The summed E-state index contributed by atoms with van der Waals surface area (Å²) in [6.45, 7) is 5.66. The summed E-state index contributed by atoms with van der Waals surface area (Å²) >= 11 is 4.35. The number of halogens is 2. The van der Waals surface area contributed by atoms with E-state index >= 15 is 0 Å². The molecule has 2 N–H and O–H groups in total. The Morgan fingerprint density at radius 2 is 1.50 bits per heavy atom. The number of ether oxygens (including phenoxy) is 4. The van der Waals surface area contributed by atoms with Crippen LogP contribution >= 0.6 is 45.2 Å².